The van der Waals surface area contributed by atoms with E-state index < -0.39 is 0 Å². The van der Waals surface area contributed by atoms with Gasteiger partial charge >= 0.3 is 0 Å². The molecule has 1 aliphatic rings. The first-order chi connectivity index (χ1) is 18.6. The minimum Gasteiger partial charge on any atom is -0.497 e. The van der Waals surface area contributed by atoms with Crippen molar-refractivity contribution in [1.29, 1.82) is 0 Å². The number of tetrazole rings is 1. The van der Waals surface area contributed by atoms with Crippen LogP contribution in [0.1, 0.15) is 68.9 Å². The summed E-state index contributed by atoms with van der Waals surface area (Å²) < 4.78 is 12.9. The lowest BCUT2D eigenvalue weighted by Crippen LogP contribution is -2.39. The quantitative estimate of drug-likeness (QED) is 0.304. The van der Waals surface area contributed by atoms with E-state index in [1.165, 1.54) is 12.8 Å². The van der Waals surface area contributed by atoms with Gasteiger partial charge in [-0.05, 0) is 78.6 Å². The normalized spacial score (nSPS) is 14.8. The molecule has 38 heavy (non-hydrogen) atoms. The number of pyridine rings is 1. The van der Waals surface area contributed by atoms with E-state index in [-0.39, 0.29) is 11.6 Å². The molecule has 1 N–H and O–H groups in total. The highest BCUT2D eigenvalue weighted by atomic mass is 16.5. The fourth-order valence-electron chi connectivity index (χ4n) is 5.56. The number of aromatic amines is 1. The van der Waals surface area contributed by atoms with Crippen LogP contribution in [0.25, 0.3) is 10.9 Å². The predicted molar refractivity (Wildman–Crippen MR) is 146 cm³/mol. The van der Waals surface area contributed by atoms with Gasteiger partial charge in [0.05, 0.1) is 26.3 Å². The highest BCUT2D eigenvalue weighted by Crippen LogP contribution is 2.34. The average molecular weight is 517 g/mol. The van der Waals surface area contributed by atoms with Gasteiger partial charge in [-0.2, -0.15) is 0 Å². The van der Waals surface area contributed by atoms with Crippen molar-refractivity contribution in [1.82, 2.24) is 30.1 Å². The second-order valence-corrected chi connectivity index (χ2v) is 9.88. The van der Waals surface area contributed by atoms with Gasteiger partial charge in [-0.25, -0.2) is 4.68 Å². The second-order valence-electron chi connectivity index (χ2n) is 9.88. The van der Waals surface area contributed by atoms with Crippen molar-refractivity contribution in [2.45, 2.75) is 71.1 Å². The van der Waals surface area contributed by atoms with Crippen molar-refractivity contribution in [3.05, 3.63) is 75.8 Å². The van der Waals surface area contributed by atoms with E-state index >= 15 is 0 Å². The molecule has 200 valence electrons. The van der Waals surface area contributed by atoms with E-state index in [2.05, 4.69) is 32.3 Å². The molecule has 1 atom stereocenters. The van der Waals surface area contributed by atoms with Gasteiger partial charge in [0.1, 0.15) is 11.5 Å². The van der Waals surface area contributed by atoms with Gasteiger partial charge < -0.3 is 14.5 Å². The molecule has 0 radical (unpaired) electrons. The van der Waals surface area contributed by atoms with E-state index in [0.717, 1.165) is 58.6 Å². The van der Waals surface area contributed by atoms with Gasteiger partial charge in [0.15, 0.2) is 5.82 Å². The monoisotopic (exact) mass is 516 g/mol. The minimum atomic E-state index is -0.0580. The third kappa shape index (κ3) is 5.57. The number of fused-ring (bicyclic) bond motifs is 1. The summed E-state index contributed by atoms with van der Waals surface area (Å²) in [6, 6.07) is 16.1. The van der Waals surface area contributed by atoms with Crippen LogP contribution in [0, 0.1) is 0 Å². The number of nitrogens with zero attached hydrogens (tertiary/aromatic N) is 5. The smallest absolute Gasteiger partial charge is 0.252 e. The molecule has 0 spiro atoms. The first kappa shape index (κ1) is 25.9. The van der Waals surface area contributed by atoms with Crippen LogP contribution in [-0.2, 0) is 13.1 Å². The van der Waals surface area contributed by atoms with Crippen molar-refractivity contribution in [3.63, 3.8) is 0 Å². The molecule has 0 saturated heterocycles. The Morgan fingerprint density at radius 1 is 1.08 bits per heavy atom. The number of rotatable bonds is 11. The number of hydrogen-bond donors (Lipinski definition) is 1. The number of methoxy groups -OCH3 is 1. The van der Waals surface area contributed by atoms with Crippen LogP contribution in [-0.4, -0.2) is 49.8 Å². The lowest BCUT2D eigenvalue weighted by molar-refractivity contribution is 0.112. The van der Waals surface area contributed by atoms with Crippen LogP contribution in [0.3, 0.4) is 0 Å². The molecular formula is C29H36N6O3. The van der Waals surface area contributed by atoms with Crippen LogP contribution < -0.4 is 15.0 Å². The molecule has 0 unspecified atom stereocenters. The summed E-state index contributed by atoms with van der Waals surface area (Å²) >= 11 is 0. The zero-order chi connectivity index (χ0) is 26.5. The van der Waals surface area contributed by atoms with Gasteiger partial charge in [-0.3, -0.25) is 9.69 Å². The summed E-state index contributed by atoms with van der Waals surface area (Å²) in [6.07, 6.45) is 5.44. The van der Waals surface area contributed by atoms with Gasteiger partial charge in [-0.15, -0.1) is 5.10 Å². The first-order valence-corrected chi connectivity index (χ1v) is 13.5. The number of nitrogens with one attached hydrogen (secondary N) is 1. The van der Waals surface area contributed by atoms with E-state index in [1.807, 2.05) is 60.1 Å². The molecule has 1 fully saturated rings. The zero-order valence-electron chi connectivity index (χ0n) is 22.4. The average Bonchev–Trinajstić information content (AvgIpc) is 3.63. The Bertz CT molecular complexity index is 1410. The molecular weight excluding hydrogens is 480 g/mol. The van der Waals surface area contributed by atoms with Crippen molar-refractivity contribution >= 4 is 10.9 Å². The van der Waals surface area contributed by atoms with E-state index in [0.29, 0.717) is 25.7 Å². The van der Waals surface area contributed by atoms with Crippen molar-refractivity contribution in [3.8, 4) is 11.5 Å². The summed E-state index contributed by atoms with van der Waals surface area (Å²) in [7, 11) is 1.66. The summed E-state index contributed by atoms with van der Waals surface area (Å²) in [4.78, 5) is 18.7. The molecule has 2 aromatic heterocycles. The van der Waals surface area contributed by atoms with E-state index in [1.54, 1.807) is 7.11 Å². The van der Waals surface area contributed by atoms with Gasteiger partial charge in [0, 0.05) is 29.1 Å². The van der Waals surface area contributed by atoms with Crippen LogP contribution >= 0.6 is 0 Å². The Hall–Kier alpha value is -3.72. The van der Waals surface area contributed by atoms with Crippen molar-refractivity contribution in [2.24, 2.45) is 0 Å². The topological polar surface area (TPSA) is 98.2 Å². The molecule has 5 rings (SSSR count). The molecule has 1 saturated carbocycles. The third-order valence-corrected chi connectivity index (χ3v) is 7.49. The summed E-state index contributed by atoms with van der Waals surface area (Å²) in [5.41, 5.74) is 2.59. The summed E-state index contributed by atoms with van der Waals surface area (Å²) in [5.74, 6) is 2.44. The summed E-state index contributed by atoms with van der Waals surface area (Å²) in [6.45, 7) is 5.83. The number of H-pyrrole nitrogens is 1. The standard InChI is InChI=1S/C29H36N6O3/c1-4-27(28-31-32-33-35(28)18-20-10-12-24(37-3)13-11-20)34(23-8-6-7-9-23)19-22-16-21-17-25(38-5-2)14-15-26(21)30-29(22)36/h10-17,23,27H,4-9,18-19H2,1-3H3,(H,30,36)/t27-/m0/s1. The maximum absolute atomic E-state index is 13.2. The highest BCUT2D eigenvalue weighted by molar-refractivity contribution is 5.80. The molecule has 0 bridgehead atoms. The minimum absolute atomic E-state index is 0.0174. The first-order valence-electron chi connectivity index (χ1n) is 13.5. The largest absolute Gasteiger partial charge is 0.497 e. The lowest BCUT2D eigenvalue weighted by atomic mass is 10.0. The predicted octanol–water partition coefficient (Wildman–Crippen LogP) is 4.87. The fraction of sp³-hybridized carbons (Fsp3) is 0.448. The fourth-order valence-corrected chi connectivity index (χ4v) is 5.56. The lowest BCUT2D eigenvalue weighted by Gasteiger charge is -2.35. The zero-order valence-corrected chi connectivity index (χ0v) is 22.4. The SMILES string of the molecule is CCOc1ccc2[nH]c(=O)c(CN(C3CCCC3)[C@@H](CC)c3nnnn3Cc3ccc(OC)cc3)cc2c1. The molecule has 0 amide bonds. The van der Waals surface area contributed by atoms with Crippen LogP contribution in [0.4, 0.5) is 0 Å². The number of ether oxygens (including phenoxy) is 2. The van der Waals surface area contributed by atoms with Crippen LogP contribution in [0.5, 0.6) is 11.5 Å². The van der Waals surface area contributed by atoms with Crippen LogP contribution in [0.2, 0.25) is 0 Å². The molecule has 0 aliphatic heterocycles. The summed E-state index contributed by atoms with van der Waals surface area (Å²) in [5, 5.41) is 13.8. The molecule has 9 nitrogen and oxygen atoms in total. The molecule has 2 heterocycles. The maximum atomic E-state index is 13.2. The Morgan fingerprint density at radius 2 is 1.84 bits per heavy atom. The molecule has 1 aliphatic carbocycles. The van der Waals surface area contributed by atoms with E-state index in [9.17, 15) is 4.79 Å². The van der Waals surface area contributed by atoms with Gasteiger partial charge in [-0.1, -0.05) is 31.9 Å². The third-order valence-electron chi connectivity index (χ3n) is 7.49. The Kier molecular flexibility index (Phi) is 8.03. The number of benzene rings is 2. The Balaban J connectivity index is 1.47. The number of hydrogen-bond acceptors (Lipinski definition) is 7. The molecule has 9 heteroatoms. The Morgan fingerprint density at radius 3 is 2.55 bits per heavy atom. The molecule has 2 aromatic carbocycles. The Labute approximate surface area is 222 Å². The maximum Gasteiger partial charge on any atom is 0.252 e. The van der Waals surface area contributed by atoms with Crippen LogP contribution in [0.15, 0.2) is 53.3 Å². The number of aromatic nitrogens is 5. The van der Waals surface area contributed by atoms with Gasteiger partial charge in [0.25, 0.3) is 5.56 Å². The van der Waals surface area contributed by atoms with Gasteiger partial charge in [0.2, 0.25) is 0 Å². The second kappa shape index (κ2) is 11.8. The van der Waals surface area contributed by atoms with Crippen molar-refractivity contribution < 1.29 is 9.47 Å². The highest BCUT2D eigenvalue weighted by Gasteiger charge is 2.32. The molecule has 4 aromatic rings. The van der Waals surface area contributed by atoms with E-state index in [4.69, 9.17) is 9.47 Å². The van der Waals surface area contributed by atoms with Crippen molar-refractivity contribution in [2.75, 3.05) is 13.7 Å².